The first kappa shape index (κ1) is 11.9. The summed E-state index contributed by atoms with van der Waals surface area (Å²) >= 11 is 5.59. The van der Waals surface area contributed by atoms with Crippen molar-refractivity contribution in [3.63, 3.8) is 0 Å². The number of nitrogens with one attached hydrogen (secondary N) is 1. The Bertz CT molecular complexity index is 510. The van der Waals surface area contributed by atoms with Gasteiger partial charge in [-0.1, -0.05) is 11.6 Å². The maximum Gasteiger partial charge on any atom is 0.243 e. The van der Waals surface area contributed by atoms with Gasteiger partial charge in [0.1, 0.15) is 10.7 Å². The monoisotopic (exact) mass is 248 g/mol. The van der Waals surface area contributed by atoms with E-state index in [1.165, 1.54) is 0 Å². The molecule has 0 saturated carbocycles. The summed E-state index contributed by atoms with van der Waals surface area (Å²) in [4.78, 5) is -0.376. The van der Waals surface area contributed by atoms with Crippen molar-refractivity contribution in [2.45, 2.75) is 4.90 Å². The highest BCUT2D eigenvalue weighted by molar-refractivity contribution is 7.89. The van der Waals surface area contributed by atoms with Gasteiger partial charge >= 0.3 is 0 Å². The Morgan fingerprint density at radius 1 is 1.53 bits per heavy atom. The quantitative estimate of drug-likeness (QED) is 0.820. The van der Waals surface area contributed by atoms with Crippen LogP contribution in [0.15, 0.2) is 23.1 Å². The van der Waals surface area contributed by atoms with Gasteiger partial charge in [0.05, 0.1) is 17.6 Å². The second kappa shape index (κ2) is 4.57. The molecule has 15 heavy (non-hydrogen) atoms. The van der Waals surface area contributed by atoms with Gasteiger partial charge in [-0.3, -0.25) is 0 Å². The van der Waals surface area contributed by atoms with E-state index in [1.807, 2.05) is 4.72 Å². The van der Waals surface area contributed by atoms with E-state index < -0.39 is 22.4 Å². The number of benzene rings is 1. The van der Waals surface area contributed by atoms with Gasteiger partial charge in [0, 0.05) is 0 Å². The fraction of sp³-hybridized carbons (Fsp3) is 0.125. The third-order valence-corrected chi connectivity index (χ3v) is 3.41. The van der Waals surface area contributed by atoms with Crippen molar-refractivity contribution < 1.29 is 12.8 Å². The first-order valence-electron chi connectivity index (χ1n) is 3.79. The van der Waals surface area contributed by atoms with Gasteiger partial charge in [0.15, 0.2) is 0 Å². The van der Waals surface area contributed by atoms with Crippen molar-refractivity contribution in [3.05, 3.63) is 29.0 Å². The average Bonchev–Trinajstić information content (AvgIpc) is 2.18. The summed E-state index contributed by atoms with van der Waals surface area (Å²) in [5.74, 6) is -0.711. The Morgan fingerprint density at radius 3 is 2.80 bits per heavy atom. The predicted molar refractivity (Wildman–Crippen MR) is 52.2 cm³/mol. The first-order valence-corrected chi connectivity index (χ1v) is 5.65. The molecule has 1 N–H and O–H groups in total. The Balaban J connectivity index is 3.16. The lowest BCUT2D eigenvalue weighted by atomic mass is 10.3. The molecule has 0 saturated heterocycles. The molecule has 4 nitrogen and oxygen atoms in total. The number of nitriles is 1. The van der Waals surface area contributed by atoms with Crippen LogP contribution in [0.4, 0.5) is 4.39 Å². The molecule has 80 valence electrons. The Hall–Kier alpha value is -1.16. The largest absolute Gasteiger partial charge is 0.243 e. The SMILES string of the molecule is N#CCNS(=O)(=O)c1cc(F)ccc1Cl. The minimum absolute atomic E-state index is 0.0955. The number of nitrogens with zero attached hydrogens (tertiary/aromatic N) is 1. The molecule has 0 bridgehead atoms. The van der Waals surface area contributed by atoms with E-state index in [0.717, 1.165) is 18.2 Å². The van der Waals surface area contributed by atoms with Gasteiger partial charge < -0.3 is 0 Å². The first-order chi connectivity index (χ1) is 6.97. The average molecular weight is 249 g/mol. The van der Waals surface area contributed by atoms with Crippen LogP contribution in [0.3, 0.4) is 0 Å². The lowest BCUT2D eigenvalue weighted by molar-refractivity contribution is 0.581. The van der Waals surface area contributed by atoms with Crippen molar-refractivity contribution in [2.24, 2.45) is 0 Å². The maximum atomic E-state index is 12.8. The highest BCUT2D eigenvalue weighted by Gasteiger charge is 2.17. The molecule has 0 aliphatic rings. The molecule has 0 amide bonds. The van der Waals surface area contributed by atoms with E-state index in [2.05, 4.69) is 0 Å². The van der Waals surface area contributed by atoms with Crippen LogP contribution in [0.25, 0.3) is 0 Å². The van der Waals surface area contributed by atoms with Gasteiger partial charge in [-0.2, -0.15) is 9.98 Å². The summed E-state index contributed by atoms with van der Waals surface area (Å²) in [5, 5.41) is 8.12. The Kier molecular flexibility index (Phi) is 3.63. The van der Waals surface area contributed by atoms with Crippen molar-refractivity contribution in [2.75, 3.05) is 6.54 Å². The van der Waals surface area contributed by atoms with E-state index in [9.17, 15) is 12.8 Å². The van der Waals surface area contributed by atoms with Crippen molar-refractivity contribution in [1.82, 2.24) is 4.72 Å². The molecule has 0 radical (unpaired) electrons. The van der Waals surface area contributed by atoms with Crippen molar-refractivity contribution >= 4 is 21.6 Å². The molecule has 0 fully saturated rings. The van der Waals surface area contributed by atoms with Crippen LogP contribution in [-0.4, -0.2) is 15.0 Å². The Labute approximate surface area is 91.3 Å². The number of hydrogen-bond donors (Lipinski definition) is 1. The van der Waals surface area contributed by atoms with E-state index in [4.69, 9.17) is 16.9 Å². The molecule has 0 unspecified atom stereocenters. The zero-order valence-electron chi connectivity index (χ0n) is 7.37. The highest BCUT2D eigenvalue weighted by Crippen LogP contribution is 2.21. The summed E-state index contributed by atoms with van der Waals surface area (Å²) in [6.07, 6.45) is 0. The van der Waals surface area contributed by atoms with Crippen LogP contribution >= 0.6 is 11.6 Å². The third kappa shape index (κ3) is 2.89. The number of hydrogen-bond acceptors (Lipinski definition) is 3. The molecule has 0 spiro atoms. The van der Waals surface area contributed by atoms with Gasteiger partial charge in [-0.05, 0) is 18.2 Å². The van der Waals surface area contributed by atoms with Crippen molar-refractivity contribution in [3.8, 4) is 6.07 Å². The molecule has 0 heterocycles. The number of halogens is 2. The molecule has 0 aromatic heterocycles. The fourth-order valence-electron chi connectivity index (χ4n) is 0.888. The maximum absolute atomic E-state index is 12.8. The van der Waals surface area contributed by atoms with Gasteiger partial charge in [-0.25, -0.2) is 12.8 Å². The molecule has 1 rings (SSSR count). The van der Waals surface area contributed by atoms with Crippen LogP contribution < -0.4 is 4.72 Å². The van der Waals surface area contributed by atoms with Crippen LogP contribution in [0.5, 0.6) is 0 Å². The fourth-order valence-corrected chi connectivity index (χ4v) is 2.31. The minimum atomic E-state index is -3.92. The lowest BCUT2D eigenvalue weighted by Gasteiger charge is -2.05. The molecule has 1 aromatic carbocycles. The lowest BCUT2D eigenvalue weighted by Crippen LogP contribution is -2.24. The van der Waals surface area contributed by atoms with Gasteiger partial charge in [-0.15, -0.1) is 0 Å². The Morgan fingerprint density at radius 2 is 2.20 bits per heavy atom. The standard InChI is InChI=1S/C8H6ClFN2O2S/c9-7-2-1-6(10)5-8(7)15(13,14)12-4-3-11/h1-2,5,12H,4H2. The van der Waals surface area contributed by atoms with Crippen LogP contribution in [0, 0.1) is 17.1 Å². The summed E-state index contributed by atoms with van der Waals surface area (Å²) in [5.41, 5.74) is 0. The third-order valence-electron chi connectivity index (χ3n) is 1.52. The summed E-state index contributed by atoms with van der Waals surface area (Å²) in [6.45, 7) is -0.394. The summed E-state index contributed by atoms with van der Waals surface area (Å²) < 4.78 is 37.6. The molecular formula is C8H6ClFN2O2S. The van der Waals surface area contributed by atoms with E-state index in [0.29, 0.717) is 0 Å². The van der Waals surface area contributed by atoms with E-state index in [1.54, 1.807) is 6.07 Å². The van der Waals surface area contributed by atoms with E-state index >= 15 is 0 Å². The molecule has 0 aliphatic carbocycles. The molecule has 0 atom stereocenters. The number of rotatable bonds is 3. The van der Waals surface area contributed by atoms with Gasteiger partial charge in [0.2, 0.25) is 10.0 Å². The smallest absolute Gasteiger partial charge is 0.207 e. The van der Waals surface area contributed by atoms with Crippen LogP contribution in [0.1, 0.15) is 0 Å². The second-order valence-corrected chi connectivity index (χ2v) is 4.70. The molecule has 0 aliphatic heterocycles. The molecular weight excluding hydrogens is 243 g/mol. The van der Waals surface area contributed by atoms with Crippen LogP contribution in [0.2, 0.25) is 5.02 Å². The molecule has 7 heteroatoms. The van der Waals surface area contributed by atoms with Crippen molar-refractivity contribution in [1.29, 1.82) is 5.26 Å². The summed E-state index contributed by atoms with van der Waals surface area (Å²) in [6, 6.07) is 4.58. The zero-order chi connectivity index (χ0) is 11.5. The zero-order valence-corrected chi connectivity index (χ0v) is 8.94. The molecule has 1 aromatic rings. The van der Waals surface area contributed by atoms with E-state index in [-0.39, 0.29) is 9.92 Å². The normalized spacial score (nSPS) is 11.0. The van der Waals surface area contributed by atoms with Crippen LogP contribution in [-0.2, 0) is 10.0 Å². The highest BCUT2D eigenvalue weighted by atomic mass is 35.5. The summed E-state index contributed by atoms with van der Waals surface area (Å²) in [7, 11) is -3.92. The van der Waals surface area contributed by atoms with Gasteiger partial charge in [0.25, 0.3) is 0 Å². The minimum Gasteiger partial charge on any atom is -0.207 e. The number of sulfonamides is 1. The second-order valence-electron chi connectivity index (χ2n) is 2.56. The predicted octanol–water partition coefficient (Wildman–Crippen LogP) is 1.28. The topological polar surface area (TPSA) is 70.0 Å².